The van der Waals surface area contributed by atoms with Gasteiger partial charge in [0.2, 0.25) is 11.8 Å². The smallest absolute Gasteiger partial charge is 0.277 e. The molecule has 0 bridgehead atoms. The van der Waals surface area contributed by atoms with Crippen molar-refractivity contribution in [1.82, 2.24) is 15.5 Å². The molecule has 0 saturated carbocycles. The Hall–Kier alpha value is -2.60. The summed E-state index contributed by atoms with van der Waals surface area (Å²) >= 11 is 1.28. The van der Waals surface area contributed by atoms with Gasteiger partial charge in [-0.1, -0.05) is 73.6 Å². The minimum atomic E-state index is -0.340. The van der Waals surface area contributed by atoms with Crippen molar-refractivity contribution < 1.29 is 9.21 Å². The quantitative estimate of drug-likeness (QED) is 0.532. The molecule has 0 unspecified atom stereocenters. The van der Waals surface area contributed by atoms with Crippen LogP contribution in [0.25, 0.3) is 11.5 Å². The zero-order valence-corrected chi connectivity index (χ0v) is 17.2. The Kier molecular flexibility index (Phi) is 6.87. The number of carbonyl (C=O) groups is 1. The van der Waals surface area contributed by atoms with Gasteiger partial charge in [0, 0.05) is 5.56 Å². The summed E-state index contributed by atoms with van der Waals surface area (Å²) in [4.78, 5) is 12.7. The van der Waals surface area contributed by atoms with Crippen LogP contribution < -0.4 is 5.32 Å². The van der Waals surface area contributed by atoms with Gasteiger partial charge in [-0.25, -0.2) is 0 Å². The van der Waals surface area contributed by atoms with Crippen LogP contribution >= 0.6 is 11.8 Å². The first-order chi connectivity index (χ1) is 13.6. The zero-order chi connectivity index (χ0) is 19.9. The number of thioether (sulfide) groups is 1. The van der Waals surface area contributed by atoms with Crippen molar-refractivity contribution in [1.29, 1.82) is 0 Å². The highest BCUT2D eigenvalue weighted by Gasteiger charge is 2.22. The molecule has 1 aromatic heterocycles. The molecule has 0 aliphatic rings. The Morgan fingerprint density at radius 3 is 2.54 bits per heavy atom. The van der Waals surface area contributed by atoms with Crippen LogP contribution in [0.15, 0.2) is 64.2 Å². The summed E-state index contributed by atoms with van der Waals surface area (Å²) in [6, 6.07) is 17.9. The summed E-state index contributed by atoms with van der Waals surface area (Å²) in [5.74, 6) is 0.435. The van der Waals surface area contributed by atoms with Crippen LogP contribution in [0.2, 0.25) is 0 Å². The highest BCUT2D eigenvalue weighted by atomic mass is 32.2. The number of amides is 1. The minimum Gasteiger partial charge on any atom is -0.411 e. The number of aryl methyl sites for hydroxylation is 1. The van der Waals surface area contributed by atoms with E-state index >= 15 is 0 Å². The number of carbonyl (C=O) groups excluding carboxylic acids is 1. The van der Waals surface area contributed by atoms with Crippen molar-refractivity contribution in [3.8, 4) is 11.5 Å². The van der Waals surface area contributed by atoms with Gasteiger partial charge in [-0.2, -0.15) is 0 Å². The van der Waals surface area contributed by atoms with Crippen LogP contribution in [0.3, 0.4) is 0 Å². The third-order valence-electron chi connectivity index (χ3n) is 4.52. The van der Waals surface area contributed by atoms with Gasteiger partial charge in [-0.05, 0) is 37.5 Å². The van der Waals surface area contributed by atoms with Crippen LogP contribution in [0.1, 0.15) is 43.9 Å². The summed E-state index contributed by atoms with van der Waals surface area (Å²) in [6.45, 7) is 5.97. The predicted molar refractivity (Wildman–Crippen MR) is 112 cm³/mol. The van der Waals surface area contributed by atoms with Crippen LogP contribution in [-0.2, 0) is 4.79 Å². The molecule has 3 rings (SSSR count). The molecule has 0 aliphatic carbocycles. The number of hydrogen-bond donors (Lipinski definition) is 1. The molecule has 2 aromatic carbocycles. The monoisotopic (exact) mass is 395 g/mol. The van der Waals surface area contributed by atoms with E-state index in [-0.39, 0.29) is 17.2 Å². The molecule has 2 atom stereocenters. The maximum Gasteiger partial charge on any atom is 0.277 e. The number of aromatic nitrogens is 2. The summed E-state index contributed by atoms with van der Waals surface area (Å²) < 4.78 is 5.77. The maximum atomic E-state index is 12.7. The molecule has 6 heteroatoms. The largest absolute Gasteiger partial charge is 0.411 e. The Morgan fingerprint density at radius 2 is 1.82 bits per heavy atom. The van der Waals surface area contributed by atoms with E-state index in [1.165, 1.54) is 11.8 Å². The number of nitrogens with zero attached hydrogens (tertiary/aromatic N) is 2. The standard InChI is InChI=1S/C22H25N3O2S/c1-4-10-19(17-12-6-5-7-13-17)23-20(26)16(3)28-22-25-24-21(27-22)18-14-9-8-11-15(18)2/h5-9,11-14,16,19H,4,10H2,1-3H3,(H,23,26)/t16-,19-/m1/s1. The molecule has 0 fully saturated rings. The lowest BCUT2D eigenvalue weighted by molar-refractivity contribution is -0.121. The minimum absolute atomic E-state index is 0.00645. The van der Waals surface area contributed by atoms with Gasteiger partial charge in [0.1, 0.15) is 0 Å². The van der Waals surface area contributed by atoms with Crippen molar-refractivity contribution in [3.63, 3.8) is 0 Å². The fourth-order valence-electron chi connectivity index (χ4n) is 2.97. The van der Waals surface area contributed by atoms with Crippen LogP contribution in [0.4, 0.5) is 0 Å². The predicted octanol–water partition coefficient (Wildman–Crippen LogP) is 5.18. The van der Waals surface area contributed by atoms with Gasteiger partial charge in [-0.15, -0.1) is 10.2 Å². The van der Waals surface area contributed by atoms with Gasteiger partial charge >= 0.3 is 0 Å². The number of rotatable bonds is 8. The lowest BCUT2D eigenvalue weighted by Crippen LogP contribution is -2.34. The molecule has 5 nitrogen and oxygen atoms in total. The van der Waals surface area contributed by atoms with Gasteiger partial charge < -0.3 is 9.73 Å². The van der Waals surface area contributed by atoms with E-state index in [4.69, 9.17) is 4.42 Å². The molecule has 0 radical (unpaired) electrons. The van der Waals surface area contributed by atoms with E-state index in [2.05, 4.69) is 22.4 Å². The van der Waals surface area contributed by atoms with Gasteiger partial charge in [0.05, 0.1) is 11.3 Å². The van der Waals surface area contributed by atoms with Crippen molar-refractivity contribution in [3.05, 3.63) is 65.7 Å². The Bertz CT molecular complexity index is 911. The lowest BCUT2D eigenvalue weighted by Gasteiger charge is -2.20. The molecule has 28 heavy (non-hydrogen) atoms. The van der Waals surface area contributed by atoms with Gasteiger partial charge in [-0.3, -0.25) is 4.79 Å². The summed E-state index contributed by atoms with van der Waals surface area (Å²) in [5, 5.41) is 11.4. The van der Waals surface area contributed by atoms with Crippen LogP contribution in [0, 0.1) is 6.92 Å². The Balaban J connectivity index is 1.65. The van der Waals surface area contributed by atoms with E-state index in [0.717, 1.165) is 29.5 Å². The van der Waals surface area contributed by atoms with E-state index in [1.807, 2.05) is 68.4 Å². The van der Waals surface area contributed by atoms with Crippen molar-refractivity contribution in [2.75, 3.05) is 0 Å². The summed E-state index contributed by atoms with van der Waals surface area (Å²) in [7, 11) is 0. The van der Waals surface area contributed by atoms with Crippen molar-refractivity contribution >= 4 is 17.7 Å². The fraction of sp³-hybridized carbons (Fsp3) is 0.318. The van der Waals surface area contributed by atoms with Crippen LogP contribution in [0.5, 0.6) is 0 Å². The number of hydrogen-bond acceptors (Lipinski definition) is 5. The molecule has 1 amide bonds. The molecule has 146 valence electrons. The lowest BCUT2D eigenvalue weighted by atomic mass is 10.0. The van der Waals surface area contributed by atoms with E-state index in [9.17, 15) is 4.79 Å². The van der Waals surface area contributed by atoms with E-state index < -0.39 is 0 Å². The SMILES string of the molecule is CCC[C@@H](NC(=O)[C@@H](C)Sc1nnc(-c2ccccc2C)o1)c1ccccc1. The summed E-state index contributed by atoms with van der Waals surface area (Å²) in [6.07, 6.45) is 1.88. The van der Waals surface area contributed by atoms with E-state index in [1.54, 1.807) is 0 Å². The topological polar surface area (TPSA) is 68.0 Å². The Morgan fingerprint density at radius 1 is 1.11 bits per heavy atom. The second-order valence-electron chi connectivity index (χ2n) is 6.71. The first-order valence-corrected chi connectivity index (χ1v) is 10.4. The molecule has 0 spiro atoms. The van der Waals surface area contributed by atoms with Crippen molar-refractivity contribution in [2.24, 2.45) is 0 Å². The zero-order valence-electron chi connectivity index (χ0n) is 16.4. The second-order valence-corrected chi connectivity index (χ2v) is 8.00. The van der Waals surface area contributed by atoms with Crippen LogP contribution in [-0.4, -0.2) is 21.4 Å². The van der Waals surface area contributed by atoms with Gasteiger partial charge in [0.15, 0.2) is 0 Å². The summed E-state index contributed by atoms with van der Waals surface area (Å²) in [5.41, 5.74) is 3.10. The molecule has 0 aliphatic heterocycles. The highest BCUT2D eigenvalue weighted by molar-refractivity contribution is 8.00. The average molecular weight is 396 g/mol. The third kappa shape index (κ3) is 5.01. The molecule has 3 aromatic rings. The highest BCUT2D eigenvalue weighted by Crippen LogP contribution is 2.28. The first kappa shape index (κ1) is 20.1. The Labute approximate surface area is 170 Å². The first-order valence-electron chi connectivity index (χ1n) is 9.50. The molecule has 1 heterocycles. The average Bonchev–Trinajstić information content (AvgIpc) is 3.16. The molecule has 1 N–H and O–H groups in total. The fourth-order valence-corrected chi connectivity index (χ4v) is 3.66. The van der Waals surface area contributed by atoms with E-state index in [0.29, 0.717) is 11.1 Å². The number of nitrogens with one attached hydrogen (secondary N) is 1. The molecular formula is C22H25N3O2S. The molecular weight excluding hydrogens is 370 g/mol. The molecule has 0 saturated heterocycles. The normalized spacial score (nSPS) is 13.1. The number of benzene rings is 2. The second kappa shape index (κ2) is 9.55. The van der Waals surface area contributed by atoms with Gasteiger partial charge in [0.25, 0.3) is 5.22 Å². The maximum absolute atomic E-state index is 12.7. The van der Waals surface area contributed by atoms with Crippen molar-refractivity contribution in [2.45, 2.75) is 50.1 Å². The third-order valence-corrected chi connectivity index (χ3v) is 5.46.